The van der Waals surface area contributed by atoms with Crippen LogP contribution in [0.3, 0.4) is 0 Å². The van der Waals surface area contributed by atoms with Crippen LogP contribution >= 0.6 is 0 Å². The molecule has 0 saturated carbocycles. The molecule has 0 aromatic heterocycles. The van der Waals surface area contributed by atoms with Gasteiger partial charge in [-0.15, -0.1) is 0 Å². The van der Waals surface area contributed by atoms with Crippen LogP contribution in [-0.4, -0.2) is 63.9 Å². The fraction of sp³-hybridized carbons (Fsp3) is 0.571. The predicted molar refractivity (Wildman–Crippen MR) is 170 cm³/mol. The van der Waals surface area contributed by atoms with Crippen molar-refractivity contribution in [2.24, 2.45) is 0 Å². The smallest absolute Gasteiger partial charge is 0.344 e. The van der Waals surface area contributed by atoms with E-state index in [1.165, 1.54) is 0 Å². The van der Waals surface area contributed by atoms with E-state index < -0.39 is 29.7 Å². The van der Waals surface area contributed by atoms with Crippen molar-refractivity contribution in [3.05, 3.63) is 64.7 Å². The van der Waals surface area contributed by atoms with Crippen molar-refractivity contribution in [3.8, 4) is 5.75 Å². The zero-order valence-corrected chi connectivity index (χ0v) is 27.3. The maximum atomic E-state index is 13.8. The number of aliphatic hydroxyl groups excluding tert-OH is 2. The van der Waals surface area contributed by atoms with Crippen LogP contribution in [0.25, 0.3) is 0 Å². The monoisotopic (exact) mass is 626 g/mol. The number of hydrogen-bond acceptors (Lipinski definition) is 8. The predicted octanol–water partition coefficient (Wildman–Crippen LogP) is 5.36. The Morgan fingerprint density at radius 2 is 1.73 bits per heavy atom. The minimum Gasteiger partial charge on any atom is -0.482 e. The van der Waals surface area contributed by atoms with Gasteiger partial charge in [-0.25, -0.2) is 14.4 Å². The lowest BCUT2D eigenvalue weighted by Crippen LogP contribution is -2.54. The van der Waals surface area contributed by atoms with Gasteiger partial charge in [0.15, 0.2) is 6.61 Å². The van der Waals surface area contributed by atoms with Crippen molar-refractivity contribution >= 4 is 18.0 Å². The molecule has 3 N–H and O–H groups in total. The zero-order valence-electron chi connectivity index (χ0n) is 27.3. The van der Waals surface area contributed by atoms with Crippen molar-refractivity contribution in [1.29, 1.82) is 0 Å². The minimum absolute atomic E-state index is 0.0355. The van der Waals surface area contributed by atoms with Gasteiger partial charge in [0.25, 0.3) is 0 Å². The first-order valence-corrected chi connectivity index (χ1v) is 16.0. The number of aryl methyl sites for hydroxylation is 1. The van der Waals surface area contributed by atoms with E-state index in [0.717, 1.165) is 31.2 Å². The fourth-order valence-corrected chi connectivity index (χ4v) is 5.43. The van der Waals surface area contributed by atoms with Crippen LogP contribution in [0, 0.1) is 0 Å². The molecular formula is C35H50N2O8. The van der Waals surface area contributed by atoms with Gasteiger partial charge in [-0.05, 0) is 100 Å². The normalized spacial score (nSPS) is 15.8. The van der Waals surface area contributed by atoms with Crippen molar-refractivity contribution < 1.29 is 38.8 Å². The highest BCUT2D eigenvalue weighted by atomic mass is 16.6. The Morgan fingerprint density at radius 1 is 1.00 bits per heavy atom. The summed E-state index contributed by atoms with van der Waals surface area (Å²) in [4.78, 5) is 40.8. The Morgan fingerprint density at radius 3 is 2.40 bits per heavy atom. The quantitative estimate of drug-likeness (QED) is 0.239. The third kappa shape index (κ3) is 11.0. The molecule has 3 rings (SSSR count). The van der Waals surface area contributed by atoms with E-state index in [9.17, 15) is 24.6 Å². The number of nitrogens with one attached hydrogen (secondary N) is 1. The van der Waals surface area contributed by atoms with Gasteiger partial charge in [0.05, 0.1) is 13.2 Å². The molecule has 10 heteroatoms. The average molecular weight is 627 g/mol. The molecule has 1 heterocycles. The molecule has 1 saturated heterocycles. The molecule has 0 spiro atoms. The Kier molecular flexibility index (Phi) is 13.7. The highest BCUT2D eigenvalue weighted by Gasteiger charge is 2.35. The molecule has 1 aliphatic rings. The largest absolute Gasteiger partial charge is 0.482 e. The molecule has 1 fully saturated rings. The van der Waals surface area contributed by atoms with E-state index in [1.807, 2.05) is 32.0 Å². The van der Waals surface area contributed by atoms with E-state index in [-0.39, 0.29) is 31.9 Å². The third-order valence-electron chi connectivity index (χ3n) is 7.92. The second kappa shape index (κ2) is 17.2. The van der Waals surface area contributed by atoms with Gasteiger partial charge in [-0.2, -0.15) is 0 Å². The molecule has 0 radical (unpaired) electrons. The Bertz CT molecular complexity index is 1270. The van der Waals surface area contributed by atoms with Gasteiger partial charge in [-0.3, -0.25) is 0 Å². The molecule has 2 aromatic rings. The Labute approximate surface area is 267 Å². The van der Waals surface area contributed by atoms with E-state index in [1.54, 1.807) is 49.9 Å². The second-order valence-corrected chi connectivity index (χ2v) is 12.5. The van der Waals surface area contributed by atoms with E-state index in [4.69, 9.17) is 14.2 Å². The molecule has 2 aromatic carbocycles. The highest BCUT2D eigenvalue weighted by Crippen LogP contribution is 2.30. The number of urea groups is 1. The van der Waals surface area contributed by atoms with Crippen molar-refractivity contribution in [2.45, 2.75) is 117 Å². The molecule has 0 aliphatic carbocycles. The summed E-state index contributed by atoms with van der Waals surface area (Å²) >= 11 is 0. The topological polar surface area (TPSA) is 135 Å². The first-order valence-electron chi connectivity index (χ1n) is 16.0. The number of carbonyl (C=O) groups is 3. The molecule has 1 aliphatic heterocycles. The number of esters is 2. The van der Waals surface area contributed by atoms with Gasteiger partial charge in [0.2, 0.25) is 0 Å². The molecule has 45 heavy (non-hydrogen) atoms. The summed E-state index contributed by atoms with van der Waals surface area (Å²) in [5.41, 5.74) is 2.26. The Hall–Kier alpha value is -3.63. The number of benzene rings is 2. The van der Waals surface area contributed by atoms with Gasteiger partial charge >= 0.3 is 18.0 Å². The van der Waals surface area contributed by atoms with Gasteiger partial charge < -0.3 is 34.6 Å². The Balaban J connectivity index is 1.83. The number of hydrogen-bond donors (Lipinski definition) is 3. The molecule has 248 valence electrons. The number of piperidine rings is 1. The van der Waals surface area contributed by atoms with E-state index in [2.05, 4.69) is 5.32 Å². The van der Waals surface area contributed by atoms with Crippen molar-refractivity contribution in [3.63, 3.8) is 0 Å². The SMILES string of the molecule is CCC(CC)NC(=O)N1CCCC[C@H]1C(=O)O[C@H](CCc1ccc(CO)c(CO)c1)c1cccc(OCC(=O)OC(C)(C)C)c1. The highest BCUT2D eigenvalue weighted by molar-refractivity contribution is 5.84. The number of aliphatic hydroxyl groups is 2. The molecule has 10 nitrogen and oxygen atoms in total. The van der Waals surface area contributed by atoms with Crippen LogP contribution in [0.1, 0.15) is 102 Å². The van der Waals surface area contributed by atoms with Crippen LogP contribution < -0.4 is 10.1 Å². The maximum Gasteiger partial charge on any atom is 0.344 e. The fourth-order valence-electron chi connectivity index (χ4n) is 5.43. The summed E-state index contributed by atoms with van der Waals surface area (Å²) < 4.78 is 17.3. The van der Waals surface area contributed by atoms with E-state index >= 15 is 0 Å². The van der Waals surface area contributed by atoms with Gasteiger partial charge in [0, 0.05) is 12.6 Å². The molecule has 0 unspecified atom stereocenters. The summed E-state index contributed by atoms with van der Waals surface area (Å²) in [6.45, 7) is 9.24. The summed E-state index contributed by atoms with van der Waals surface area (Å²) in [5, 5.41) is 22.4. The summed E-state index contributed by atoms with van der Waals surface area (Å²) in [6, 6.07) is 11.7. The number of rotatable bonds is 14. The number of nitrogens with zero attached hydrogens (tertiary/aromatic N) is 1. The summed E-state index contributed by atoms with van der Waals surface area (Å²) in [7, 11) is 0. The summed E-state index contributed by atoms with van der Waals surface area (Å²) in [5.74, 6) is -0.532. The lowest BCUT2D eigenvalue weighted by atomic mass is 9.97. The van der Waals surface area contributed by atoms with Crippen LogP contribution in [0.4, 0.5) is 4.79 Å². The zero-order chi connectivity index (χ0) is 33.0. The number of carbonyl (C=O) groups excluding carboxylic acids is 3. The van der Waals surface area contributed by atoms with Crippen LogP contribution in [0.2, 0.25) is 0 Å². The average Bonchev–Trinajstić information content (AvgIpc) is 3.03. The maximum absolute atomic E-state index is 13.8. The molecule has 2 amide bonds. The molecular weight excluding hydrogens is 576 g/mol. The first kappa shape index (κ1) is 35.8. The number of amides is 2. The van der Waals surface area contributed by atoms with E-state index in [0.29, 0.717) is 48.2 Å². The standard InChI is InChI=1S/C35H50N2O8/c1-6-28(7-2)36-34(42)37-18-9-8-13-30(37)33(41)44-31(17-15-24-14-16-26(21-38)27(19-24)22-39)25-11-10-12-29(20-25)43-23-32(40)45-35(3,4)5/h10-12,14,16,19-20,28,30-31,38-39H,6-9,13,15,17-18,21-23H2,1-5H3,(H,36,42)/t30-,31+/m0/s1. The van der Waals surface area contributed by atoms with Gasteiger partial charge in [-0.1, -0.05) is 44.2 Å². The van der Waals surface area contributed by atoms with Crippen molar-refractivity contribution in [1.82, 2.24) is 10.2 Å². The lowest BCUT2D eigenvalue weighted by Gasteiger charge is -2.36. The van der Waals surface area contributed by atoms with Crippen molar-refractivity contribution in [2.75, 3.05) is 13.2 Å². The first-order chi connectivity index (χ1) is 21.5. The lowest BCUT2D eigenvalue weighted by molar-refractivity contribution is -0.157. The molecule has 0 bridgehead atoms. The van der Waals surface area contributed by atoms with Gasteiger partial charge in [0.1, 0.15) is 23.5 Å². The van der Waals surface area contributed by atoms with Crippen LogP contribution in [0.15, 0.2) is 42.5 Å². The summed E-state index contributed by atoms with van der Waals surface area (Å²) in [6.07, 6.45) is 4.01. The molecule has 2 atom stereocenters. The number of likely N-dealkylation sites (tertiary alicyclic amines) is 1. The van der Waals surface area contributed by atoms with Crippen LogP contribution in [-0.2, 0) is 38.7 Å². The third-order valence-corrected chi connectivity index (χ3v) is 7.92. The minimum atomic E-state index is -0.702. The second-order valence-electron chi connectivity index (χ2n) is 12.5. The van der Waals surface area contributed by atoms with Crippen LogP contribution in [0.5, 0.6) is 5.75 Å². The number of ether oxygens (including phenoxy) is 3.